The summed E-state index contributed by atoms with van der Waals surface area (Å²) >= 11 is 6.22. The average Bonchev–Trinajstić information content (AvgIpc) is 2.16. The molecule has 0 heterocycles. The number of hydrogen-bond acceptors (Lipinski definition) is 2. The highest BCUT2D eigenvalue weighted by molar-refractivity contribution is 6.31. The highest BCUT2D eigenvalue weighted by Gasteiger charge is 2.09. The van der Waals surface area contributed by atoms with Crippen molar-refractivity contribution in [3.63, 3.8) is 0 Å². The Balaban J connectivity index is 2.82. The number of ether oxygens (including phenoxy) is 1. The van der Waals surface area contributed by atoms with Crippen molar-refractivity contribution in [2.24, 2.45) is 0 Å². The van der Waals surface area contributed by atoms with E-state index in [1.54, 1.807) is 0 Å². The molecule has 0 saturated heterocycles. The van der Waals surface area contributed by atoms with Crippen LogP contribution < -0.4 is 10.1 Å². The molecule has 0 aliphatic heterocycles. The molecule has 0 amide bonds. The van der Waals surface area contributed by atoms with Crippen molar-refractivity contribution in [2.45, 2.75) is 39.8 Å². The highest BCUT2D eigenvalue weighted by Crippen LogP contribution is 2.27. The van der Waals surface area contributed by atoms with Gasteiger partial charge in [-0.15, -0.1) is 0 Å². The molecule has 0 spiro atoms. The van der Waals surface area contributed by atoms with Crippen LogP contribution in [0.1, 0.15) is 39.3 Å². The molecule has 1 aromatic carbocycles. The molecule has 0 aliphatic carbocycles. The molecule has 0 aromatic heterocycles. The normalized spacial score (nSPS) is 12.9. The topological polar surface area (TPSA) is 21.3 Å². The number of rotatable bonds is 5. The van der Waals surface area contributed by atoms with Gasteiger partial charge in [-0.25, -0.2) is 0 Å². The lowest BCUT2D eigenvalue weighted by atomic mass is 10.1. The van der Waals surface area contributed by atoms with E-state index in [2.05, 4.69) is 19.2 Å². The first-order valence-corrected chi connectivity index (χ1v) is 6.11. The van der Waals surface area contributed by atoms with Gasteiger partial charge in [0, 0.05) is 11.1 Å². The molecule has 0 fully saturated rings. The van der Waals surface area contributed by atoms with Gasteiger partial charge in [0.15, 0.2) is 0 Å². The predicted molar refractivity (Wildman–Crippen MR) is 69.3 cm³/mol. The van der Waals surface area contributed by atoms with E-state index >= 15 is 0 Å². The zero-order valence-electron chi connectivity index (χ0n) is 10.4. The van der Waals surface area contributed by atoms with E-state index < -0.39 is 0 Å². The van der Waals surface area contributed by atoms with Gasteiger partial charge in [-0.3, -0.25) is 0 Å². The third kappa shape index (κ3) is 3.69. The Labute approximate surface area is 103 Å². The SMILES string of the molecule is CCNC(C)c1ccc(OC(C)C)cc1Cl. The van der Waals surface area contributed by atoms with Crippen LogP contribution in [0.15, 0.2) is 18.2 Å². The standard InChI is InChI=1S/C13H20ClNO/c1-5-15-10(4)12-7-6-11(8-13(12)14)16-9(2)3/h6-10,15H,5H2,1-4H3. The van der Waals surface area contributed by atoms with Gasteiger partial charge < -0.3 is 10.1 Å². The molecule has 3 heteroatoms. The van der Waals surface area contributed by atoms with Gasteiger partial charge in [0.05, 0.1) is 6.10 Å². The third-order valence-electron chi connectivity index (χ3n) is 2.32. The van der Waals surface area contributed by atoms with Crippen LogP contribution in [0.25, 0.3) is 0 Å². The van der Waals surface area contributed by atoms with E-state index in [0.717, 1.165) is 22.9 Å². The summed E-state index contributed by atoms with van der Waals surface area (Å²) in [7, 11) is 0. The van der Waals surface area contributed by atoms with Crippen molar-refractivity contribution >= 4 is 11.6 Å². The van der Waals surface area contributed by atoms with Crippen LogP contribution >= 0.6 is 11.6 Å². The second kappa shape index (κ2) is 6.12. The Bertz CT molecular complexity index is 339. The minimum atomic E-state index is 0.174. The Morgan fingerprint density at radius 3 is 2.50 bits per heavy atom. The Kier molecular flexibility index (Phi) is 5.10. The van der Waals surface area contributed by atoms with Gasteiger partial charge in [-0.1, -0.05) is 24.6 Å². The summed E-state index contributed by atoms with van der Waals surface area (Å²) in [6, 6.07) is 6.14. The molecular weight excluding hydrogens is 222 g/mol. The van der Waals surface area contributed by atoms with E-state index in [1.165, 1.54) is 0 Å². The molecule has 1 N–H and O–H groups in total. The maximum Gasteiger partial charge on any atom is 0.121 e. The van der Waals surface area contributed by atoms with Gasteiger partial charge in [-0.2, -0.15) is 0 Å². The maximum atomic E-state index is 6.22. The number of nitrogens with one attached hydrogen (secondary N) is 1. The quantitative estimate of drug-likeness (QED) is 0.847. The van der Waals surface area contributed by atoms with Crippen molar-refractivity contribution in [1.82, 2.24) is 5.32 Å². The van der Waals surface area contributed by atoms with Gasteiger partial charge in [0.2, 0.25) is 0 Å². The number of halogens is 1. The summed E-state index contributed by atoms with van der Waals surface area (Å²) in [6.07, 6.45) is 0.174. The second-order valence-corrected chi connectivity index (χ2v) is 4.54. The first-order valence-electron chi connectivity index (χ1n) is 5.74. The molecule has 1 aromatic rings. The predicted octanol–water partition coefficient (Wildman–Crippen LogP) is 3.80. The lowest BCUT2D eigenvalue weighted by Gasteiger charge is -2.16. The lowest BCUT2D eigenvalue weighted by molar-refractivity contribution is 0.242. The highest BCUT2D eigenvalue weighted by atomic mass is 35.5. The molecule has 90 valence electrons. The monoisotopic (exact) mass is 241 g/mol. The van der Waals surface area contributed by atoms with E-state index in [4.69, 9.17) is 16.3 Å². The molecule has 0 radical (unpaired) electrons. The van der Waals surface area contributed by atoms with Crippen LogP contribution in [0.5, 0.6) is 5.75 Å². The average molecular weight is 242 g/mol. The Morgan fingerprint density at radius 2 is 2.00 bits per heavy atom. The molecule has 1 rings (SSSR count). The molecule has 1 unspecified atom stereocenters. The summed E-state index contributed by atoms with van der Waals surface area (Å²) in [5.41, 5.74) is 1.11. The van der Waals surface area contributed by atoms with E-state index in [-0.39, 0.29) is 12.1 Å². The zero-order chi connectivity index (χ0) is 12.1. The largest absolute Gasteiger partial charge is 0.491 e. The van der Waals surface area contributed by atoms with E-state index in [9.17, 15) is 0 Å². The fraction of sp³-hybridized carbons (Fsp3) is 0.538. The zero-order valence-corrected chi connectivity index (χ0v) is 11.1. The van der Waals surface area contributed by atoms with Crippen LogP contribution in [-0.2, 0) is 0 Å². The van der Waals surface area contributed by atoms with Gasteiger partial charge in [0.25, 0.3) is 0 Å². The Morgan fingerprint density at radius 1 is 1.31 bits per heavy atom. The summed E-state index contributed by atoms with van der Waals surface area (Å²) in [5.74, 6) is 0.826. The van der Waals surface area contributed by atoms with Crippen molar-refractivity contribution in [2.75, 3.05) is 6.54 Å². The van der Waals surface area contributed by atoms with Crippen LogP contribution in [0.4, 0.5) is 0 Å². The number of benzene rings is 1. The molecule has 0 bridgehead atoms. The summed E-state index contributed by atoms with van der Waals surface area (Å²) in [5, 5.41) is 4.09. The first-order chi connectivity index (χ1) is 7.54. The lowest BCUT2D eigenvalue weighted by Crippen LogP contribution is -2.18. The maximum absolute atomic E-state index is 6.22. The number of hydrogen-bond donors (Lipinski definition) is 1. The van der Waals surface area contributed by atoms with E-state index in [0.29, 0.717) is 0 Å². The Hall–Kier alpha value is -0.730. The molecule has 16 heavy (non-hydrogen) atoms. The van der Waals surface area contributed by atoms with Crippen molar-refractivity contribution in [1.29, 1.82) is 0 Å². The smallest absolute Gasteiger partial charge is 0.121 e. The molecule has 0 saturated carbocycles. The molecular formula is C13H20ClNO. The molecule has 2 nitrogen and oxygen atoms in total. The summed E-state index contributed by atoms with van der Waals surface area (Å²) < 4.78 is 5.58. The molecule has 0 aliphatic rings. The first kappa shape index (κ1) is 13.3. The second-order valence-electron chi connectivity index (χ2n) is 4.13. The summed E-state index contributed by atoms with van der Waals surface area (Å²) in [4.78, 5) is 0. The van der Waals surface area contributed by atoms with Crippen LogP contribution in [0.3, 0.4) is 0 Å². The van der Waals surface area contributed by atoms with Crippen molar-refractivity contribution in [3.05, 3.63) is 28.8 Å². The van der Waals surface area contributed by atoms with Gasteiger partial charge in [0.1, 0.15) is 5.75 Å². The fourth-order valence-corrected chi connectivity index (χ4v) is 1.95. The van der Waals surface area contributed by atoms with Gasteiger partial charge >= 0.3 is 0 Å². The minimum absolute atomic E-state index is 0.174. The minimum Gasteiger partial charge on any atom is -0.491 e. The van der Waals surface area contributed by atoms with E-state index in [1.807, 2.05) is 32.0 Å². The van der Waals surface area contributed by atoms with Crippen LogP contribution in [0.2, 0.25) is 5.02 Å². The van der Waals surface area contributed by atoms with Crippen molar-refractivity contribution in [3.8, 4) is 5.75 Å². The van der Waals surface area contributed by atoms with Crippen molar-refractivity contribution < 1.29 is 4.74 Å². The van der Waals surface area contributed by atoms with Crippen LogP contribution in [0, 0.1) is 0 Å². The molecule has 1 atom stereocenters. The summed E-state index contributed by atoms with van der Waals surface area (Å²) in [6.45, 7) is 9.13. The fourth-order valence-electron chi connectivity index (χ4n) is 1.62. The third-order valence-corrected chi connectivity index (χ3v) is 2.65. The van der Waals surface area contributed by atoms with Gasteiger partial charge in [-0.05, 0) is 45.0 Å². The van der Waals surface area contributed by atoms with Crippen LogP contribution in [-0.4, -0.2) is 12.6 Å².